The van der Waals surface area contributed by atoms with Gasteiger partial charge in [-0.1, -0.05) is 0 Å². The third-order valence-electron chi connectivity index (χ3n) is 1.36. The second kappa shape index (κ2) is 4.79. The van der Waals surface area contributed by atoms with Crippen molar-refractivity contribution in [1.82, 2.24) is 4.98 Å². The zero-order valence-corrected chi connectivity index (χ0v) is 7.03. The highest BCUT2D eigenvalue weighted by Crippen LogP contribution is 2.09. The normalized spacial score (nSPS) is 8.46. The van der Waals surface area contributed by atoms with Crippen molar-refractivity contribution < 1.29 is 4.74 Å². The highest BCUT2D eigenvalue weighted by Gasteiger charge is 1.95. The number of hydrogen-bond donors (Lipinski definition) is 0. The van der Waals surface area contributed by atoms with Gasteiger partial charge in [-0.2, -0.15) is 5.26 Å². The Labute approximate surface area is 77.0 Å². The Balaban J connectivity index is 2.59. The molecule has 0 saturated carbocycles. The summed E-state index contributed by atoms with van der Waals surface area (Å²) in [5, 5.41) is 8.53. The molecule has 0 aliphatic heterocycles. The number of ether oxygens (including phenoxy) is 1. The van der Waals surface area contributed by atoms with Gasteiger partial charge in [0, 0.05) is 18.7 Å². The predicted molar refractivity (Wildman–Crippen MR) is 47.9 cm³/mol. The first kappa shape index (κ1) is 9.09. The maximum atomic E-state index is 8.53. The molecule has 13 heavy (non-hydrogen) atoms. The van der Waals surface area contributed by atoms with E-state index in [0.29, 0.717) is 24.5 Å². The van der Waals surface area contributed by atoms with Crippen LogP contribution in [0.1, 0.15) is 12.1 Å². The Morgan fingerprint density at radius 3 is 3.15 bits per heavy atom. The molecule has 3 nitrogen and oxygen atoms in total. The molecule has 0 aliphatic carbocycles. The zero-order chi connectivity index (χ0) is 9.52. The fraction of sp³-hybridized carbons (Fsp3) is 0.200. The molecule has 0 aliphatic rings. The maximum Gasteiger partial charge on any atom is 0.144 e. The van der Waals surface area contributed by atoms with E-state index in [1.807, 2.05) is 6.07 Å². The lowest BCUT2D eigenvalue weighted by molar-refractivity contribution is 0.327. The van der Waals surface area contributed by atoms with Crippen LogP contribution in [0.4, 0.5) is 0 Å². The van der Waals surface area contributed by atoms with Gasteiger partial charge in [0.05, 0.1) is 6.61 Å². The minimum absolute atomic E-state index is 0.346. The van der Waals surface area contributed by atoms with Crippen LogP contribution in [0.2, 0.25) is 0 Å². The van der Waals surface area contributed by atoms with Crippen molar-refractivity contribution in [2.24, 2.45) is 0 Å². The number of pyridine rings is 1. The van der Waals surface area contributed by atoms with E-state index < -0.39 is 0 Å². The van der Waals surface area contributed by atoms with Crippen LogP contribution >= 0.6 is 0 Å². The smallest absolute Gasteiger partial charge is 0.144 e. The van der Waals surface area contributed by atoms with E-state index in [2.05, 4.69) is 10.9 Å². The van der Waals surface area contributed by atoms with E-state index in [1.165, 1.54) is 6.20 Å². The lowest BCUT2D eigenvalue weighted by Crippen LogP contribution is -1.96. The van der Waals surface area contributed by atoms with Gasteiger partial charge in [0.25, 0.3) is 0 Å². The molecule has 1 rings (SSSR count). The lowest BCUT2D eigenvalue weighted by Gasteiger charge is -2.02. The number of nitriles is 1. The molecule has 0 unspecified atom stereocenters. The SMILES string of the molecule is C#CCCOc1ccnc(C#N)c1. The molecule has 1 aromatic heterocycles. The average molecular weight is 172 g/mol. The third-order valence-corrected chi connectivity index (χ3v) is 1.36. The average Bonchev–Trinajstić information content (AvgIpc) is 2.19. The van der Waals surface area contributed by atoms with E-state index in [0.717, 1.165) is 0 Å². The largest absolute Gasteiger partial charge is 0.492 e. The summed E-state index contributed by atoms with van der Waals surface area (Å²) < 4.78 is 5.26. The number of aromatic nitrogens is 1. The zero-order valence-electron chi connectivity index (χ0n) is 7.03. The van der Waals surface area contributed by atoms with Crippen LogP contribution in [0.3, 0.4) is 0 Å². The molecule has 1 heterocycles. The Morgan fingerprint density at radius 2 is 2.46 bits per heavy atom. The van der Waals surface area contributed by atoms with Gasteiger partial charge in [-0.05, 0) is 6.07 Å². The molecule has 0 spiro atoms. The van der Waals surface area contributed by atoms with Gasteiger partial charge in [0.15, 0.2) is 0 Å². The molecule has 3 heteroatoms. The summed E-state index contributed by atoms with van der Waals surface area (Å²) in [4.78, 5) is 3.80. The molecule has 0 aromatic carbocycles. The molecular weight excluding hydrogens is 164 g/mol. The van der Waals surface area contributed by atoms with Gasteiger partial charge in [-0.15, -0.1) is 12.3 Å². The summed E-state index contributed by atoms with van der Waals surface area (Å²) in [5.74, 6) is 3.09. The first-order valence-corrected chi connectivity index (χ1v) is 3.79. The summed E-state index contributed by atoms with van der Waals surface area (Å²) >= 11 is 0. The Hall–Kier alpha value is -2.00. The van der Waals surface area contributed by atoms with Gasteiger partial charge in [-0.3, -0.25) is 0 Å². The Morgan fingerprint density at radius 1 is 1.62 bits per heavy atom. The molecule has 0 N–H and O–H groups in total. The minimum atomic E-state index is 0.346. The summed E-state index contributed by atoms with van der Waals surface area (Å²) in [6, 6.07) is 5.20. The molecule has 1 aromatic rings. The minimum Gasteiger partial charge on any atom is -0.492 e. The lowest BCUT2D eigenvalue weighted by atomic mass is 10.3. The molecular formula is C10H8N2O. The fourth-order valence-corrected chi connectivity index (χ4v) is 0.790. The van der Waals surface area contributed by atoms with Crippen LogP contribution in [0.5, 0.6) is 5.75 Å². The van der Waals surface area contributed by atoms with Crippen molar-refractivity contribution in [2.75, 3.05) is 6.61 Å². The molecule has 0 bridgehead atoms. The van der Waals surface area contributed by atoms with Crippen molar-refractivity contribution in [3.63, 3.8) is 0 Å². The van der Waals surface area contributed by atoms with Crippen LogP contribution in [-0.2, 0) is 0 Å². The summed E-state index contributed by atoms with van der Waals surface area (Å²) in [5.41, 5.74) is 0.346. The van der Waals surface area contributed by atoms with Crippen LogP contribution in [-0.4, -0.2) is 11.6 Å². The number of terminal acetylenes is 1. The quantitative estimate of drug-likeness (QED) is 0.510. The number of nitrogens with zero attached hydrogens (tertiary/aromatic N) is 2. The first-order valence-electron chi connectivity index (χ1n) is 3.79. The van der Waals surface area contributed by atoms with Gasteiger partial charge in [-0.25, -0.2) is 4.98 Å². The molecule has 64 valence electrons. The highest BCUT2D eigenvalue weighted by molar-refractivity contribution is 5.29. The highest BCUT2D eigenvalue weighted by atomic mass is 16.5. The second-order valence-corrected chi connectivity index (χ2v) is 2.29. The van der Waals surface area contributed by atoms with E-state index >= 15 is 0 Å². The number of rotatable bonds is 3. The van der Waals surface area contributed by atoms with Crippen LogP contribution < -0.4 is 4.74 Å². The van der Waals surface area contributed by atoms with E-state index in [9.17, 15) is 0 Å². The van der Waals surface area contributed by atoms with Crippen LogP contribution in [0.15, 0.2) is 18.3 Å². The molecule has 0 fully saturated rings. The maximum absolute atomic E-state index is 8.53. The van der Waals surface area contributed by atoms with Crippen molar-refractivity contribution in [3.05, 3.63) is 24.0 Å². The van der Waals surface area contributed by atoms with Crippen molar-refractivity contribution in [1.29, 1.82) is 5.26 Å². The van der Waals surface area contributed by atoms with Gasteiger partial charge < -0.3 is 4.74 Å². The van der Waals surface area contributed by atoms with Crippen LogP contribution in [0.25, 0.3) is 0 Å². The molecule has 0 saturated heterocycles. The summed E-state index contributed by atoms with van der Waals surface area (Å²) in [7, 11) is 0. The van der Waals surface area contributed by atoms with Gasteiger partial charge >= 0.3 is 0 Å². The monoisotopic (exact) mass is 172 g/mol. The van der Waals surface area contributed by atoms with Crippen LogP contribution in [0, 0.1) is 23.7 Å². The predicted octanol–water partition coefficient (Wildman–Crippen LogP) is 1.36. The van der Waals surface area contributed by atoms with Crippen molar-refractivity contribution >= 4 is 0 Å². The Bertz CT molecular complexity index is 360. The molecule has 0 atom stereocenters. The van der Waals surface area contributed by atoms with E-state index in [4.69, 9.17) is 16.4 Å². The van der Waals surface area contributed by atoms with Gasteiger partial charge in [0.1, 0.15) is 17.5 Å². The molecule has 0 amide bonds. The first-order chi connectivity index (χ1) is 6.36. The number of hydrogen-bond acceptors (Lipinski definition) is 3. The van der Waals surface area contributed by atoms with Crippen molar-refractivity contribution in [3.8, 4) is 24.2 Å². The standard InChI is InChI=1S/C10H8N2O/c1-2-3-6-13-10-4-5-12-9(7-10)8-11/h1,4-5,7H,3,6H2. The second-order valence-electron chi connectivity index (χ2n) is 2.29. The fourth-order valence-electron chi connectivity index (χ4n) is 0.790. The van der Waals surface area contributed by atoms with Gasteiger partial charge in [0.2, 0.25) is 0 Å². The van der Waals surface area contributed by atoms with E-state index in [-0.39, 0.29) is 0 Å². The van der Waals surface area contributed by atoms with Crippen molar-refractivity contribution in [2.45, 2.75) is 6.42 Å². The topological polar surface area (TPSA) is 45.9 Å². The summed E-state index contributed by atoms with van der Waals surface area (Å²) in [6.07, 6.45) is 7.15. The summed E-state index contributed by atoms with van der Waals surface area (Å²) in [6.45, 7) is 0.464. The molecule has 0 radical (unpaired) electrons. The third kappa shape index (κ3) is 2.84. The van der Waals surface area contributed by atoms with E-state index in [1.54, 1.807) is 12.1 Å². The Kier molecular flexibility index (Phi) is 3.35.